The van der Waals surface area contributed by atoms with E-state index in [1.54, 1.807) is 4.52 Å². The van der Waals surface area contributed by atoms with Crippen molar-refractivity contribution in [2.75, 3.05) is 5.32 Å². The number of amides is 1. The van der Waals surface area contributed by atoms with E-state index in [-0.39, 0.29) is 11.0 Å². The van der Waals surface area contributed by atoms with Gasteiger partial charge in [-0.3, -0.25) is 4.79 Å². The number of aryl methyl sites for hydroxylation is 1. The van der Waals surface area contributed by atoms with Crippen molar-refractivity contribution in [3.05, 3.63) is 30.1 Å². The van der Waals surface area contributed by atoms with Crippen LogP contribution in [0.4, 0.5) is 5.69 Å². The first-order valence-electron chi connectivity index (χ1n) is 7.66. The standard InChI is InChI=1S/C16H18N6OS2/c1-9-19-20-15-22(9)21-12(25-15)10-7-5-6-8-11(10)17-14(24)18-13(23)16(2,3)4/h5-8H,1-4H3,(H2,17,18,23,24). The Morgan fingerprint density at radius 3 is 2.64 bits per heavy atom. The maximum atomic E-state index is 12.1. The summed E-state index contributed by atoms with van der Waals surface area (Å²) >= 11 is 6.71. The van der Waals surface area contributed by atoms with Crippen molar-refractivity contribution in [1.29, 1.82) is 0 Å². The SMILES string of the molecule is Cc1nnc2sc(-c3ccccc3NC(=S)NC(=O)C(C)(C)C)nn12. The summed E-state index contributed by atoms with van der Waals surface area (Å²) in [5, 5.41) is 19.5. The molecule has 25 heavy (non-hydrogen) atoms. The number of hydrogen-bond donors (Lipinski definition) is 2. The van der Waals surface area contributed by atoms with E-state index in [1.165, 1.54) is 11.3 Å². The molecule has 0 aliphatic carbocycles. The molecule has 3 rings (SSSR count). The number of carbonyl (C=O) groups is 1. The monoisotopic (exact) mass is 374 g/mol. The molecule has 9 heteroatoms. The third-order valence-corrected chi connectivity index (χ3v) is 4.60. The molecule has 0 saturated heterocycles. The molecule has 1 aromatic carbocycles. The molecule has 0 radical (unpaired) electrons. The molecule has 0 fully saturated rings. The normalized spacial score (nSPS) is 11.5. The van der Waals surface area contributed by atoms with Gasteiger partial charge in [-0.15, -0.1) is 10.2 Å². The van der Waals surface area contributed by atoms with Crippen molar-refractivity contribution in [1.82, 2.24) is 25.1 Å². The minimum Gasteiger partial charge on any atom is -0.332 e. The second-order valence-corrected chi connectivity index (χ2v) is 7.92. The van der Waals surface area contributed by atoms with Gasteiger partial charge in [-0.25, -0.2) is 0 Å². The number of fused-ring (bicyclic) bond motifs is 1. The van der Waals surface area contributed by atoms with E-state index in [0.29, 0.717) is 0 Å². The molecule has 2 heterocycles. The molecule has 0 atom stereocenters. The van der Waals surface area contributed by atoms with Crippen molar-refractivity contribution < 1.29 is 4.79 Å². The second kappa shape index (κ2) is 6.49. The van der Waals surface area contributed by atoms with Crippen molar-refractivity contribution in [2.24, 2.45) is 5.41 Å². The Morgan fingerprint density at radius 2 is 1.96 bits per heavy atom. The van der Waals surface area contributed by atoms with Crippen LogP contribution in [0, 0.1) is 12.3 Å². The van der Waals surface area contributed by atoms with Gasteiger partial charge in [0, 0.05) is 11.0 Å². The van der Waals surface area contributed by atoms with Gasteiger partial charge in [0.05, 0.1) is 5.69 Å². The number of carbonyl (C=O) groups excluding carboxylic acids is 1. The molecule has 0 bridgehead atoms. The number of benzene rings is 1. The van der Waals surface area contributed by atoms with Gasteiger partial charge in [0.1, 0.15) is 5.01 Å². The van der Waals surface area contributed by atoms with Crippen molar-refractivity contribution >= 4 is 45.2 Å². The fourth-order valence-corrected chi connectivity index (χ4v) is 3.17. The Kier molecular flexibility index (Phi) is 4.53. The first-order valence-corrected chi connectivity index (χ1v) is 8.89. The van der Waals surface area contributed by atoms with E-state index < -0.39 is 5.41 Å². The van der Waals surface area contributed by atoms with E-state index in [2.05, 4.69) is 25.9 Å². The van der Waals surface area contributed by atoms with Gasteiger partial charge in [0.2, 0.25) is 10.9 Å². The van der Waals surface area contributed by atoms with Crippen LogP contribution in [0.5, 0.6) is 0 Å². The third-order valence-electron chi connectivity index (χ3n) is 3.46. The predicted molar refractivity (Wildman–Crippen MR) is 103 cm³/mol. The first-order chi connectivity index (χ1) is 11.8. The number of para-hydroxylation sites is 1. The summed E-state index contributed by atoms with van der Waals surface area (Å²) in [6, 6.07) is 7.65. The van der Waals surface area contributed by atoms with Crippen LogP contribution in [0.2, 0.25) is 0 Å². The van der Waals surface area contributed by atoms with E-state index in [4.69, 9.17) is 12.2 Å². The maximum Gasteiger partial charge on any atom is 0.234 e. The second-order valence-electron chi connectivity index (χ2n) is 6.55. The molecule has 2 aromatic heterocycles. The summed E-state index contributed by atoms with van der Waals surface area (Å²) in [7, 11) is 0. The number of nitrogens with one attached hydrogen (secondary N) is 2. The number of aromatic nitrogens is 4. The lowest BCUT2D eigenvalue weighted by Gasteiger charge is -2.19. The number of hydrogen-bond acceptors (Lipinski definition) is 6. The van der Waals surface area contributed by atoms with Gasteiger partial charge in [0.25, 0.3) is 0 Å². The van der Waals surface area contributed by atoms with Gasteiger partial charge in [0.15, 0.2) is 10.9 Å². The lowest BCUT2D eigenvalue weighted by Crippen LogP contribution is -2.41. The molecule has 0 aliphatic rings. The third kappa shape index (κ3) is 3.67. The molecule has 7 nitrogen and oxygen atoms in total. The summed E-state index contributed by atoms with van der Waals surface area (Å²) < 4.78 is 1.70. The number of rotatable bonds is 2. The molecule has 0 saturated carbocycles. The average molecular weight is 374 g/mol. The Bertz CT molecular complexity index is 953. The van der Waals surface area contributed by atoms with E-state index in [0.717, 1.165) is 27.0 Å². The van der Waals surface area contributed by atoms with Crippen molar-refractivity contribution in [3.63, 3.8) is 0 Å². The quantitative estimate of drug-likeness (QED) is 0.671. The van der Waals surface area contributed by atoms with Gasteiger partial charge in [-0.1, -0.05) is 44.2 Å². The van der Waals surface area contributed by atoms with Crippen LogP contribution in [0.3, 0.4) is 0 Å². The summed E-state index contributed by atoms with van der Waals surface area (Å²) in [6.45, 7) is 7.35. The molecule has 130 valence electrons. The highest BCUT2D eigenvalue weighted by atomic mass is 32.1. The fourth-order valence-electron chi connectivity index (χ4n) is 2.05. The predicted octanol–water partition coefficient (Wildman–Crippen LogP) is 3.02. The molecule has 0 spiro atoms. The number of anilines is 1. The molecular formula is C16H18N6OS2. The summed E-state index contributed by atoms with van der Waals surface area (Å²) in [5.74, 6) is 0.591. The Morgan fingerprint density at radius 1 is 1.24 bits per heavy atom. The average Bonchev–Trinajstić information content (AvgIpc) is 3.09. The molecule has 2 N–H and O–H groups in total. The Labute approximate surface area is 154 Å². The highest BCUT2D eigenvalue weighted by molar-refractivity contribution is 7.80. The highest BCUT2D eigenvalue weighted by Gasteiger charge is 2.22. The molecule has 0 unspecified atom stereocenters. The summed E-state index contributed by atoms with van der Waals surface area (Å²) in [4.78, 5) is 12.8. The number of nitrogens with zero attached hydrogens (tertiary/aromatic N) is 4. The van der Waals surface area contributed by atoms with Gasteiger partial charge in [-0.05, 0) is 31.3 Å². The lowest BCUT2D eigenvalue weighted by atomic mass is 9.96. The minimum atomic E-state index is -0.517. The maximum absolute atomic E-state index is 12.1. The highest BCUT2D eigenvalue weighted by Crippen LogP contribution is 2.31. The largest absolute Gasteiger partial charge is 0.332 e. The van der Waals surface area contributed by atoms with Crippen molar-refractivity contribution in [3.8, 4) is 10.6 Å². The number of thiocarbonyl (C=S) groups is 1. The zero-order chi connectivity index (χ0) is 18.2. The van der Waals surface area contributed by atoms with Crippen LogP contribution in [0.25, 0.3) is 15.5 Å². The molecule has 0 aliphatic heterocycles. The fraction of sp³-hybridized carbons (Fsp3) is 0.312. The van der Waals surface area contributed by atoms with Crippen LogP contribution >= 0.6 is 23.6 Å². The summed E-state index contributed by atoms with van der Waals surface area (Å²) in [5.41, 5.74) is 1.13. The van der Waals surface area contributed by atoms with Crippen molar-refractivity contribution in [2.45, 2.75) is 27.7 Å². The van der Waals surface area contributed by atoms with Crippen LogP contribution < -0.4 is 10.6 Å². The zero-order valence-corrected chi connectivity index (χ0v) is 16.0. The smallest absolute Gasteiger partial charge is 0.234 e. The van der Waals surface area contributed by atoms with Gasteiger partial charge < -0.3 is 10.6 Å². The van der Waals surface area contributed by atoms with E-state index in [1.807, 2.05) is 52.0 Å². The Balaban J connectivity index is 1.86. The summed E-state index contributed by atoms with van der Waals surface area (Å²) in [6.07, 6.45) is 0. The lowest BCUT2D eigenvalue weighted by molar-refractivity contribution is -0.126. The minimum absolute atomic E-state index is 0.142. The molecule has 1 amide bonds. The zero-order valence-electron chi connectivity index (χ0n) is 14.3. The molecular weight excluding hydrogens is 356 g/mol. The Hall–Kier alpha value is -2.39. The molecule has 3 aromatic rings. The van der Waals surface area contributed by atoms with Crippen LogP contribution in [-0.2, 0) is 4.79 Å². The van der Waals surface area contributed by atoms with E-state index >= 15 is 0 Å². The van der Waals surface area contributed by atoms with Gasteiger partial charge >= 0.3 is 0 Å². The van der Waals surface area contributed by atoms with Crippen LogP contribution in [0.1, 0.15) is 26.6 Å². The first kappa shape index (κ1) is 17.4. The van der Waals surface area contributed by atoms with Crippen LogP contribution in [0.15, 0.2) is 24.3 Å². The van der Waals surface area contributed by atoms with E-state index in [9.17, 15) is 4.79 Å². The van der Waals surface area contributed by atoms with Gasteiger partial charge in [-0.2, -0.15) is 9.61 Å². The van der Waals surface area contributed by atoms with Crippen LogP contribution in [-0.4, -0.2) is 30.8 Å². The topological polar surface area (TPSA) is 84.2 Å².